The lowest BCUT2D eigenvalue weighted by atomic mass is 10.2. The van der Waals surface area contributed by atoms with Gasteiger partial charge in [-0.2, -0.15) is 0 Å². The van der Waals surface area contributed by atoms with Crippen LogP contribution in [0.5, 0.6) is 0 Å². The molecule has 1 amide bonds. The van der Waals surface area contributed by atoms with Gasteiger partial charge in [0.2, 0.25) is 13.6 Å². The summed E-state index contributed by atoms with van der Waals surface area (Å²) in [5.41, 5.74) is 0. The van der Waals surface area contributed by atoms with Gasteiger partial charge in [0.1, 0.15) is 0 Å². The van der Waals surface area contributed by atoms with Gasteiger partial charge in [-0.25, -0.2) is 9.59 Å². The van der Waals surface area contributed by atoms with Crippen molar-refractivity contribution >= 4 is 35.1 Å². The SMILES string of the molecule is CC(C)C(=O)OCOC(=O)NCCSC(=O)OCOC(=O)C(C)C. The van der Waals surface area contributed by atoms with Crippen molar-refractivity contribution in [2.24, 2.45) is 11.8 Å². The van der Waals surface area contributed by atoms with Gasteiger partial charge < -0.3 is 24.3 Å². The van der Waals surface area contributed by atoms with Crippen LogP contribution in [0.1, 0.15) is 27.7 Å². The van der Waals surface area contributed by atoms with Gasteiger partial charge in [-0.3, -0.25) is 9.59 Å². The molecule has 0 aromatic heterocycles. The van der Waals surface area contributed by atoms with Gasteiger partial charge in [0.05, 0.1) is 11.8 Å². The molecule has 0 aromatic carbocycles. The summed E-state index contributed by atoms with van der Waals surface area (Å²) in [5.74, 6) is -1.31. The fraction of sp³-hybridized carbons (Fsp3) is 0.714. The summed E-state index contributed by atoms with van der Waals surface area (Å²) >= 11 is 0.803. The average Bonchev–Trinajstić information content (AvgIpc) is 2.51. The Balaban J connectivity index is 3.60. The molecule has 10 heteroatoms. The number of ether oxygens (including phenoxy) is 4. The number of carbonyl (C=O) groups excluding carboxylic acids is 4. The molecule has 0 aromatic rings. The number of nitrogens with one attached hydrogen (secondary N) is 1. The first kappa shape index (κ1) is 22.0. The highest BCUT2D eigenvalue weighted by molar-refractivity contribution is 8.13. The second kappa shape index (κ2) is 12.5. The van der Waals surface area contributed by atoms with Crippen LogP contribution in [0.15, 0.2) is 0 Å². The minimum atomic E-state index is -0.772. The Morgan fingerprint density at radius 3 is 1.83 bits per heavy atom. The van der Waals surface area contributed by atoms with Gasteiger partial charge in [0.15, 0.2) is 0 Å². The maximum Gasteiger partial charge on any atom is 0.410 e. The Hall–Kier alpha value is -1.97. The zero-order valence-electron chi connectivity index (χ0n) is 14.2. The van der Waals surface area contributed by atoms with Gasteiger partial charge in [-0.15, -0.1) is 0 Å². The van der Waals surface area contributed by atoms with E-state index in [1.807, 2.05) is 0 Å². The molecule has 0 radical (unpaired) electrons. The number of thioether (sulfide) groups is 1. The second-order valence-corrected chi connectivity index (χ2v) is 6.10. The van der Waals surface area contributed by atoms with E-state index in [1.54, 1.807) is 27.7 Å². The number of carbonyl (C=O) groups is 4. The summed E-state index contributed by atoms with van der Waals surface area (Å²) in [6.45, 7) is 5.85. The lowest BCUT2D eigenvalue weighted by Crippen LogP contribution is -2.28. The predicted octanol–water partition coefficient (Wildman–Crippen LogP) is 1.90. The second-order valence-electron chi connectivity index (χ2n) is 5.07. The number of hydrogen-bond donors (Lipinski definition) is 1. The Bertz CT molecular complexity index is 398. The van der Waals surface area contributed by atoms with Crippen molar-refractivity contribution in [3.05, 3.63) is 0 Å². The standard InChI is InChI=1S/C14H23NO8S/c1-9(2)11(16)20-7-22-13(18)15-5-6-24-14(19)23-8-21-12(17)10(3)4/h9-10H,5-8H2,1-4H3,(H,15,18). The van der Waals surface area contributed by atoms with E-state index in [-0.39, 0.29) is 24.1 Å². The predicted molar refractivity (Wildman–Crippen MR) is 85.0 cm³/mol. The normalized spacial score (nSPS) is 10.2. The lowest BCUT2D eigenvalue weighted by Gasteiger charge is -2.09. The number of rotatable bonds is 9. The molecule has 0 bridgehead atoms. The van der Waals surface area contributed by atoms with E-state index in [9.17, 15) is 19.2 Å². The van der Waals surface area contributed by atoms with Crippen LogP contribution in [0.2, 0.25) is 0 Å². The third kappa shape index (κ3) is 11.6. The molecule has 138 valence electrons. The molecule has 0 fully saturated rings. The monoisotopic (exact) mass is 365 g/mol. The van der Waals surface area contributed by atoms with Gasteiger partial charge in [0.25, 0.3) is 0 Å². The van der Waals surface area contributed by atoms with Gasteiger partial charge in [-0.1, -0.05) is 27.7 Å². The molecular formula is C14H23NO8S. The number of esters is 2. The molecule has 0 saturated heterocycles. The highest BCUT2D eigenvalue weighted by atomic mass is 32.2. The van der Waals surface area contributed by atoms with Crippen molar-refractivity contribution in [1.82, 2.24) is 5.32 Å². The summed E-state index contributed by atoms with van der Waals surface area (Å²) in [5, 5.41) is 1.73. The van der Waals surface area contributed by atoms with Crippen LogP contribution in [0.4, 0.5) is 9.59 Å². The summed E-state index contributed by atoms with van der Waals surface area (Å²) in [6.07, 6.45) is -0.772. The van der Waals surface area contributed by atoms with E-state index in [0.717, 1.165) is 11.8 Å². The Kier molecular flexibility index (Phi) is 11.4. The molecule has 0 rings (SSSR count). The van der Waals surface area contributed by atoms with Crippen LogP contribution in [0.3, 0.4) is 0 Å². The minimum absolute atomic E-state index is 0.141. The van der Waals surface area contributed by atoms with Crippen LogP contribution < -0.4 is 5.32 Å². The first-order valence-corrected chi connectivity index (χ1v) is 8.26. The quantitative estimate of drug-likeness (QED) is 0.371. The third-order valence-corrected chi connectivity index (χ3v) is 3.07. The van der Waals surface area contributed by atoms with E-state index < -0.39 is 36.9 Å². The Labute approximate surface area is 144 Å². The average molecular weight is 365 g/mol. The summed E-state index contributed by atoms with van der Waals surface area (Å²) in [4.78, 5) is 44.8. The van der Waals surface area contributed by atoms with E-state index >= 15 is 0 Å². The first-order chi connectivity index (χ1) is 11.2. The van der Waals surface area contributed by atoms with Crippen molar-refractivity contribution in [3.63, 3.8) is 0 Å². The van der Waals surface area contributed by atoms with Crippen LogP contribution in [0.25, 0.3) is 0 Å². The molecule has 0 atom stereocenters. The maximum atomic E-state index is 11.3. The summed E-state index contributed by atoms with van der Waals surface area (Å²) < 4.78 is 18.6. The number of amides is 1. The number of alkyl carbamates (subject to hydrolysis) is 1. The minimum Gasteiger partial charge on any atom is -0.428 e. The summed E-state index contributed by atoms with van der Waals surface area (Å²) in [6, 6.07) is 0. The van der Waals surface area contributed by atoms with Crippen molar-refractivity contribution in [2.45, 2.75) is 27.7 Å². The molecule has 9 nitrogen and oxygen atoms in total. The van der Waals surface area contributed by atoms with Gasteiger partial charge in [-0.05, 0) is 11.8 Å². The van der Waals surface area contributed by atoms with Gasteiger partial charge >= 0.3 is 23.3 Å². The Morgan fingerprint density at radius 1 is 0.833 bits per heavy atom. The molecule has 0 aliphatic carbocycles. The molecule has 0 spiro atoms. The Morgan fingerprint density at radius 2 is 1.33 bits per heavy atom. The molecule has 0 heterocycles. The van der Waals surface area contributed by atoms with Crippen LogP contribution in [0, 0.1) is 11.8 Å². The fourth-order valence-electron chi connectivity index (χ4n) is 0.990. The van der Waals surface area contributed by atoms with E-state index in [1.165, 1.54) is 0 Å². The van der Waals surface area contributed by atoms with Crippen molar-refractivity contribution < 1.29 is 38.1 Å². The van der Waals surface area contributed by atoms with Crippen LogP contribution in [-0.2, 0) is 28.5 Å². The maximum absolute atomic E-state index is 11.3. The molecule has 0 unspecified atom stereocenters. The molecule has 0 aliphatic heterocycles. The van der Waals surface area contributed by atoms with Crippen molar-refractivity contribution in [2.75, 3.05) is 25.9 Å². The van der Waals surface area contributed by atoms with E-state index in [2.05, 4.69) is 24.3 Å². The van der Waals surface area contributed by atoms with E-state index in [0.29, 0.717) is 0 Å². The van der Waals surface area contributed by atoms with Crippen molar-refractivity contribution in [1.29, 1.82) is 0 Å². The lowest BCUT2D eigenvalue weighted by molar-refractivity contribution is -0.156. The highest BCUT2D eigenvalue weighted by Gasteiger charge is 2.11. The number of hydrogen-bond acceptors (Lipinski definition) is 9. The van der Waals surface area contributed by atoms with Crippen LogP contribution in [-0.4, -0.2) is 49.2 Å². The molecule has 0 aliphatic rings. The molecule has 24 heavy (non-hydrogen) atoms. The largest absolute Gasteiger partial charge is 0.428 e. The highest BCUT2D eigenvalue weighted by Crippen LogP contribution is 2.05. The molecule has 1 N–H and O–H groups in total. The molecule has 0 saturated carbocycles. The first-order valence-electron chi connectivity index (χ1n) is 7.27. The smallest absolute Gasteiger partial charge is 0.410 e. The third-order valence-electron chi connectivity index (χ3n) is 2.30. The topological polar surface area (TPSA) is 117 Å². The van der Waals surface area contributed by atoms with E-state index in [4.69, 9.17) is 0 Å². The van der Waals surface area contributed by atoms with Crippen LogP contribution >= 0.6 is 11.8 Å². The van der Waals surface area contributed by atoms with Crippen molar-refractivity contribution in [3.8, 4) is 0 Å². The fourth-order valence-corrected chi connectivity index (χ4v) is 1.49. The zero-order valence-corrected chi connectivity index (χ0v) is 15.0. The molecular weight excluding hydrogens is 342 g/mol. The summed E-state index contributed by atoms with van der Waals surface area (Å²) in [7, 11) is 0. The van der Waals surface area contributed by atoms with Gasteiger partial charge in [0, 0.05) is 12.3 Å². The zero-order chi connectivity index (χ0) is 18.5.